The van der Waals surface area contributed by atoms with Gasteiger partial charge in [0.2, 0.25) is 5.88 Å². The number of pyridine rings is 1. The molecular weight excluding hydrogens is 358 g/mol. The zero-order chi connectivity index (χ0) is 19.9. The standard InChI is InChI=1S/C22H19NO5/c1-15(22(24)25)21(26-2)18-10-6-7-11-19(18)28-20-14-17(12-13-23-20)27-16-8-4-3-5-9-16/h3-14H,1-2H3,(H,24,25)/b21-15+. The van der Waals surface area contributed by atoms with Crippen LogP contribution in [-0.4, -0.2) is 23.2 Å². The van der Waals surface area contributed by atoms with Crippen LogP contribution in [0.15, 0.2) is 78.5 Å². The lowest BCUT2D eigenvalue weighted by atomic mass is 10.1. The van der Waals surface area contributed by atoms with E-state index in [0.717, 1.165) is 0 Å². The minimum atomic E-state index is -1.07. The van der Waals surface area contributed by atoms with Crippen molar-refractivity contribution in [2.75, 3.05) is 7.11 Å². The highest BCUT2D eigenvalue weighted by Gasteiger charge is 2.17. The highest BCUT2D eigenvalue weighted by Crippen LogP contribution is 2.33. The van der Waals surface area contributed by atoms with E-state index in [1.165, 1.54) is 14.0 Å². The van der Waals surface area contributed by atoms with Gasteiger partial charge in [0.05, 0.1) is 18.2 Å². The summed E-state index contributed by atoms with van der Waals surface area (Å²) < 4.78 is 17.0. The molecule has 0 aliphatic heterocycles. The van der Waals surface area contributed by atoms with Gasteiger partial charge in [-0.25, -0.2) is 9.78 Å². The first-order valence-electron chi connectivity index (χ1n) is 8.53. The maximum atomic E-state index is 11.4. The topological polar surface area (TPSA) is 77.9 Å². The molecular formula is C22H19NO5. The van der Waals surface area contributed by atoms with Crippen molar-refractivity contribution in [2.45, 2.75) is 6.92 Å². The molecule has 0 fully saturated rings. The molecule has 6 heteroatoms. The van der Waals surface area contributed by atoms with Crippen LogP contribution >= 0.6 is 0 Å². The van der Waals surface area contributed by atoms with Gasteiger partial charge in [0.1, 0.15) is 23.0 Å². The highest BCUT2D eigenvalue weighted by atomic mass is 16.5. The van der Waals surface area contributed by atoms with Crippen LogP contribution in [0.2, 0.25) is 0 Å². The van der Waals surface area contributed by atoms with E-state index < -0.39 is 5.97 Å². The van der Waals surface area contributed by atoms with Gasteiger partial charge in [-0.3, -0.25) is 0 Å². The van der Waals surface area contributed by atoms with Crippen molar-refractivity contribution >= 4 is 11.7 Å². The maximum Gasteiger partial charge on any atom is 0.335 e. The van der Waals surface area contributed by atoms with Crippen LogP contribution in [0.25, 0.3) is 5.76 Å². The van der Waals surface area contributed by atoms with Crippen molar-refractivity contribution in [1.82, 2.24) is 4.98 Å². The maximum absolute atomic E-state index is 11.4. The number of benzene rings is 2. The van der Waals surface area contributed by atoms with Crippen LogP contribution in [0.1, 0.15) is 12.5 Å². The van der Waals surface area contributed by atoms with E-state index in [1.807, 2.05) is 30.3 Å². The summed E-state index contributed by atoms with van der Waals surface area (Å²) in [4.78, 5) is 15.6. The second kappa shape index (κ2) is 8.73. The minimum Gasteiger partial charge on any atom is -0.495 e. The third-order valence-corrected chi connectivity index (χ3v) is 3.90. The summed E-state index contributed by atoms with van der Waals surface area (Å²) in [6, 6.07) is 19.8. The van der Waals surface area contributed by atoms with Crippen molar-refractivity contribution in [3.05, 3.63) is 84.1 Å². The Kier molecular flexibility index (Phi) is 5.91. The fraction of sp³-hybridized carbons (Fsp3) is 0.0909. The van der Waals surface area contributed by atoms with Crippen LogP contribution < -0.4 is 9.47 Å². The SMILES string of the molecule is CO/C(=C(\C)C(=O)O)c1ccccc1Oc1cc(Oc2ccccc2)ccn1. The Morgan fingerprint density at radius 1 is 0.929 bits per heavy atom. The van der Waals surface area contributed by atoms with Crippen molar-refractivity contribution in [2.24, 2.45) is 0 Å². The number of aliphatic carboxylic acids is 1. The number of carboxylic acid groups (broad SMARTS) is 1. The van der Waals surface area contributed by atoms with Gasteiger partial charge < -0.3 is 19.3 Å². The Morgan fingerprint density at radius 3 is 2.36 bits per heavy atom. The molecule has 6 nitrogen and oxygen atoms in total. The van der Waals surface area contributed by atoms with Crippen LogP contribution in [0.4, 0.5) is 0 Å². The molecule has 3 rings (SSSR count). The number of carboxylic acids is 1. The van der Waals surface area contributed by atoms with E-state index in [4.69, 9.17) is 14.2 Å². The van der Waals surface area contributed by atoms with Crippen molar-refractivity contribution in [3.63, 3.8) is 0 Å². The molecule has 0 amide bonds. The smallest absolute Gasteiger partial charge is 0.335 e. The third kappa shape index (κ3) is 4.48. The first-order valence-corrected chi connectivity index (χ1v) is 8.53. The number of ether oxygens (including phenoxy) is 3. The first kappa shape index (κ1) is 19.0. The molecule has 2 aromatic carbocycles. The molecule has 1 aromatic heterocycles. The Bertz CT molecular complexity index is 999. The van der Waals surface area contributed by atoms with Gasteiger partial charge in [-0.05, 0) is 37.3 Å². The summed E-state index contributed by atoms with van der Waals surface area (Å²) in [5.41, 5.74) is 0.591. The van der Waals surface area contributed by atoms with Crippen molar-refractivity contribution in [3.8, 4) is 23.1 Å². The van der Waals surface area contributed by atoms with E-state index in [1.54, 1.807) is 42.6 Å². The van der Waals surface area contributed by atoms with Gasteiger partial charge >= 0.3 is 5.97 Å². The van der Waals surface area contributed by atoms with E-state index in [0.29, 0.717) is 28.7 Å². The van der Waals surface area contributed by atoms with Gasteiger partial charge in [-0.15, -0.1) is 0 Å². The van der Waals surface area contributed by atoms with Gasteiger partial charge in [0.25, 0.3) is 0 Å². The zero-order valence-corrected chi connectivity index (χ0v) is 15.5. The Morgan fingerprint density at radius 2 is 1.64 bits per heavy atom. The predicted octanol–water partition coefficient (Wildman–Crippen LogP) is 5.13. The van der Waals surface area contributed by atoms with E-state index >= 15 is 0 Å². The second-order valence-corrected chi connectivity index (χ2v) is 5.81. The van der Waals surface area contributed by atoms with E-state index in [2.05, 4.69) is 4.98 Å². The quantitative estimate of drug-likeness (QED) is 0.454. The molecule has 1 heterocycles. The number of carbonyl (C=O) groups is 1. The van der Waals surface area contributed by atoms with Crippen LogP contribution in [0.3, 0.4) is 0 Å². The molecule has 0 saturated carbocycles. The molecule has 3 aromatic rings. The van der Waals surface area contributed by atoms with Crippen molar-refractivity contribution in [1.29, 1.82) is 0 Å². The Labute approximate surface area is 162 Å². The number of methoxy groups -OCH3 is 1. The molecule has 142 valence electrons. The number of hydrogen-bond acceptors (Lipinski definition) is 5. The average molecular weight is 377 g/mol. The summed E-state index contributed by atoms with van der Waals surface area (Å²) in [5.74, 6) is 1.15. The van der Waals surface area contributed by atoms with Gasteiger partial charge in [0, 0.05) is 12.3 Å². The lowest BCUT2D eigenvalue weighted by molar-refractivity contribution is -0.132. The largest absolute Gasteiger partial charge is 0.495 e. The Balaban J connectivity index is 1.90. The molecule has 0 radical (unpaired) electrons. The summed E-state index contributed by atoms with van der Waals surface area (Å²) in [7, 11) is 1.42. The lowest BCUT2D eigenvalue weighted by Gasteiger charge is -2.14. The molecule has 1 N–H and O–H groups in total. The molecule has 0 saturated heterocycles. The fourth-order valence-corrected chi connectivity index (χ4v) is 2.55. The molecule has 0 spiro atoms. The average Bonchev–Trinajstić information content (AvgIpc) is 2.70. The van der Waals surface area contributed by atoms with Gasteiger partial charge in [0.15, 0.2) is 0 Å². The molecule has 0 unspecified atom stereocenters. The van der Waals surface area contributed by atoms with Crippen molar-refractivity contribution < 1.29 is 24.1 Å². The van der Waals surface area contributed by atoms with Crippen LogP contribution in [0.5, 0.6) is 23.1 Å². The summed E-state index contributed by atoms with van der Waals surface area (Å²) >= 11 is 0. The monoisotopic (exact) mass is 377 g/mol. The number of nitrogens with zero attached hydrogens (tertiary/aromatic N) is 1. The van der Waals surface area contributed by atoms with Crippen LogP contribution in [0, 0.1) is 0 Å². The summed E-state index contributed by atoms with van der Waals surface area (Å²) in [6.07, 6.45) is 1.58. The first-order chi connectivity index (χ1) is 13.6. The fourth-order valence-electron chi connectivity index (χ4n) is 2.55. The van der Waals surface area contributed by atoms with E-state index in [-0.39, 0.29) is 11.3 Å². The third-order valence-electron chi connectivity index (χ3n) is 3.90. The highest BCUT2D eigenvalue weighted by molar-refractivity contribution is 5.94. The molecule has 28 heavy (non-hydrogen) atoms. The lowest BCUT2D eigenvalue weighted by Crippen LogP contribution is -2.03. The minimum absolute atomic E-state index is 0.0765. The Hall–Kier alpha value is -3.80. The van der Waals surface area contributed by atoms with Gasteiger partial charge in [-0.2, -0.15) is 0 Å². The summed E-state index contributed by atoms with van der Waals surface area (Å²) in [5, 5.41) is 9.29. The number of para-hydroxylation sites is 2. The normalized spacial score (nSPS) is 11.4. The molecule has 0 aliphatic rings. The number of rotatable bonds is 7. The number of aromatic nitrogens is 1. The summed E-state index contributed by atoms with van der Waals surface area (Å²) in [6.45, 7) is 1.48. The molecule has 0 bridgehead atoms. The molecule has 0 atom stereocenters. The zero-order valence-electron chi connectivity index (χ0n) is 15.5. The second-order valence-electron chi connectivity index (χ2n) is 5.81. The van der Waals surface area contributed by atoms with E-state index in [9.17, 15) is 9.90 Å². The predicted molar refractivity (Wildman–Crippen MR) is 105 cm³/mol. The number of hydrogen-bond donors (Lipinski definition) is 1. The van der Waals surface area contributed by atoms with Crippen LogP contribution in [-0.2, 0) is 9.53 Å². The van der Waals surface area contributed by atoms with Gasteiger partial charge in [-0.1, -0.05) is 30.3 Å². The molecule has 0 aliphatic carbocycles.